The molecule has 1 aliphatic carbocycles. The molecule has 0 saturated heterocycles. The first kappa shape index (κ1) is 15.4. The van der Waals surface area contributed by atoms with Gasteiger partial charge in [0.05, 0.1) is 11.5 Å². The Morgan fingerprint density at radius 1 is 1.39 bits per heavy atom. The van der Waals surface area contributed by atoms with Crippen molar-refractivity contribution in [1.29, 1.82) is 0 Å². The number of rotatable bonds is 6. The highest BCUT2D eigenvalue weighted by molar-refractivity contribution is 5.70. The number of carboxylic acid groups (broad SMARTS) is 1. The summed E-state index contributed by atoms with van der Waals surface area (Å²) in [5, 5.41) is 19.5. The summed E-state index contributed by atoms with van der Waals surface area (Å²) in [4.78, 5) is 13.2. The fourth-order valence-corrected chi connectivity index (χ4v) is 2.80. The van der Waals surface area contributed by atoms with Crippen molar-refractivity contribution < 1.29 is 15.0 Å². The van der Waals surface area contributed by atoms with E-state index in [1.807, 2.05) is 0 Å². The molecule has 1 aliphatic rings. The van der Waals surface area contributed by atoms with Gasteiger partial charge in [0.2, 0.25) is 0 Å². The number of aliphatic carboxylic acids is 1. The number of carbonyl (C=O) groups is 1. The Hall–Kier alpha value is -0.610. The SMILES string of the molecule is CCN(CC(C)C)CC1(O)CCC(C(=O)O)CC1. The summed E-state index contributed by atoms with van der Waals surface area (Å²) in [5.41, 5.74) is -0.684. The summed E-state index contributed by atoms with van der Waals surface area (Å²) in [6, 6.07) is 0. The average Bonchev–Trinajstić information content (AvgIpc) is 2.27. The van der Waals surface area contributed by atoms with Gasteiger partial charge in [0.1, 0.15) is 0 Å². The lowest BCUT2D eigenvalue weighted by Gasteiger charge is -2.38. The molecule has 0 heterocycles. The van der Waals surface area contributed by atoms with Crippen LogP contribution in [-0.4, -0.2) is 46.3 Å². The molecule has 0 bridgehead atoms. The van der Waals surface area contributed by atoms with Gasteiger partial charge in [-0.25, -0.2) is 0 Å². The van der Waals surface area contributed by atoms with Gasteiger partial charge in [-0.05, 0) is 38.1 Å². The van der Waals surface area contributed by atoms with Crippen LogP contribution in [0.15, 0.2) is 0 Å². The van der Waals surface area contributed by atoms with Gasteiger partial charge in [0.25, 0.3) is 0 Å². The van der Waals surface area contributed by atoms with Crippen molar-refractivity contribution in [2.24, 2.45) is 11.8 Å². The van der Waals surface area contributed by atoms with Crippen LogP contribution in [0.2, 0.25) is 0 Å². The zero-order valence-electron chi connectivity index (χ0n) is 11.9. The number of nitrogens with zero attached hydrogens (tertiary/aromatic N) is 1. The summed E-state index contributed by atoms with van der Waals surface area (Å²) in [7, 11) is 0. The van der Waals surface area contributed by atoms with Crippen LogP contribution >= 0.6 is 0 Å². The first-order chi connectivity index (χ1) is 8.36. The molecular formula is C14H27NO3. The van der Waals surface area contributed by atoms with Crippen LogP contribution in [0.5, 0.6) is 0 Å². The number of carboxylic acids is 1. The summed E-state index contributed by atoms with van der Waals surface area (Å²) in [6.07, 6.45) is 2.42. The van der Waals surface area contributed by atoms with Crippen LogP contribution in [0.4, 0.5) is 0 Å². The van der Waals surface area contributed by atoms with Crippen molar-refractivity contribution >= 4 is 5.97 Å². The molecule has 2 N–H and O–H groups in total. The van der Waals surface area contributed by atoms with Crippen LogP contribution in [0.25, 0.3) is 0 Å². The first-order valence-electron chi connectivity index (χ1n) is 7.04. The molecule has 1 fully saturated rings. The van der Waals surface area contributed by atoms with E-state index in [-0.39, 0.29) is 5.92 Å². The first-order valence-corrected chi connectivity index (χ1v) is 7.04. The van der Waals surface area contributed by atoms with Crippen LogP contribution < -0.4 is 0 Å². The van der Waals surface area contributed by atoms with Gasteiger partial charge in [0, 0.05) is 13.1 Å². The molecule has 0 aliphatic heterocycles. The van der Waals surface area contributed by atoms with E-state index in [9.17, 15) is 9.90 Å². The van der Waals surface area contributed by atoms with Crippen LogP contribution in [-0.2, 0) is 4.79 Å². The van der Waals surface area contributed by atoms with Gasteiger partial charge in [0.15, 0.2) is 0 Å². The monoisotopic (exact) mass is 257 g/mol. The number of hydrogen-bond donors (Lipinski definition) is 2. The van der Waals surface area contributed by atoms with Gasteiger partial charge < -0.3 is 15.1 Å². The van der Waals surface area contributed by atoms with Crippen molar-refractivity contribution in [2.75, 3.05) is 19.6 Å². The lowest BCUT2D eigenvalue weighted by Crippen LogP contribution is -2.47. The Balaban J connectivity index is 2.48. The summed E-state index contributed by atoms with van der Waals surface area (Å²) < 4.78 is 0. The van der Waals surface area contributed by atoms with Gasteiger partial charge in [-0.2, -0.15) is 0 Å². The molecular weight excluding hydrogens is 230 g/mol. The predicted molar refractivity (Wildman–Crippen MR) is 71.5 cm³/mol. The fraction of sp³-hybridized carbons (Fsp3) is 0.929. The maximum atomic E-state index is 10.9. The summed E-state index contributed by atoms with van der Waals surface area (Å²) in [5.74, 6) is -0.388. The molecule has 0 radical (unpaired) electrons. The minimum atomic E-state index is -0.716. The molecule has 0 amide bonds. The third-order valence-corrected chi connectivity index (χ3v) is 3.85. The highest BCUT2D eigenvalue weighted by Crippen LogP contribution is 2.33. The second-order valence-electron chi connectivity index (χ2n) is 6.06. The Morgan fingerprint density at radius 2 is 1.94 bits per heavy atom. The second kappa shape index (κ2) is 6.53. The van der Waals surface area contributed by atoms with Gasteiger partial charge in [-0.15, -0.1) is 0 Å². The van der Waals surface area contributed by atoms with Gasteiger partial charge in [-0.3, -0.25) is 4.79 Å². The zero-order chi connectivity index (χ0) is 13.8. The Morgan fingerprint density at radius 3 is 2.33 bits per heavy atom. The standard InChI is InChI=1S/C14H27NO3/c1-4-15(9-11(2)3)10-14(18)7-5-12(6-8-14)13(16)17/h11-12,18H,4-10H2,1-3H3,(H,16,17). The smallest absolute Gasteiger partial charge is 0.306 e. The van der Waals surface area contributed by atoms with E-state index in [1.165, 1.54) is 0 Å². The maximum Gasteiger partial charge on any atom is 0.306 e. The molecule has 106 valence electrons. The van der Waals surface area contributed by atoms with Crippen molar-refractivity contribution in [3.63, 3.8) is 0 Å². The molecule has 4 nitrogen and oxygen atoms in total. The van der Waals surface area contributed by atoms with Crippen molar-refractivity contribution in [3.05, 3.63) is 0 Å². The highest BCUT2D eigenvalue weighted by Gasteiger charge is 2.36. The van der Waals surface area contributed by atoms with Crippen molar-refractivity contribution in [1.82, 2.24) is 4.90 Å². The average molecular weight is 257 g/mol. The molecule has 0 aromatic rings. The molecule has 1 rings (SSSR count). The minimum absolute atomic E-state index is 0.259. The maximum absolute atomic E-state index is 10.9. The molecule has 0 aromatic carbocycles. The Labute approximate surface area is 110 Å². The molecule has 4 heteroatoms. The second-order valence-corrected chi connectivity index (χ2v) is 6.06. The predicted octanol–water partition coefficient (Wildman–Crippen LogP) is 1.97. The molecule has 0 atom stereocenters. The molecule has 0 aromatic heterocycles. The zero-order valence-corrected chi connectivity index (χ0v) is 11.9. The normalized spacial score (nSPS) is 28.9. The third-order valence-electron chi connectivity index (χ3n) is 3.85. The topological polar surface area (TPSA) is 60.8 Å². The van der Waals surface area contributed by atoms with Crippen molar-refractivity contribution in [2.45, 2.75) is 52.1 Å². The Kier molecular flexibility index (Phi) is 5.60. The van der Waals surface area contributed by atoms with Crippen LogP contribution in [0, 0.1) is 11.8 Å². The number of hydrogen-bond acceptors (Lipinski definition) is 3. The molecule has 0 unspecified atom stereocenters. The van der Waals surface area contributed by atoms with E-state index < -0.39 is 11.6 Å². The molecule has 1 saturated carbocycles. The van der Waals surface area contributed by atoms with Crippen molar-refractivity contribution in [3.8, 4) is 0 Å². The minimum Gasteiger partial charge on any atom is -0.481 e. The van der Waals surface area contributed by atoms with E-state index in [1.54, 1.807) is 0 Å². The highest BCUT2D eigenvalue weighted by atomic mass is 16.4. The number of likely N-dealkylation sites (N-methyl/N-ethyl adjacent to an activating group) is 1. The van der Waals surface area contributed by atoms with Gasteiger partial charge >= 0.3 is 5.97 Å². The lowest BCUT2D eigenvalue weighted by molar-refractivity contribution is -0.145. The fourth-order valence-electron chi connectivity index (χ4n) is 2.80. The van der Waals surface area contributed by atoms with E-state index in [0.29, 0.717) is 38.1 Å². The molecule has 0 spiro atoms. The Bertz CT molecular complexity index is 270. The number of aliphatic hydroxyl groups is 1. The van der Waals surface area contributed by atoms with E-state index >= 15 is 0 Å². The lowest BCUT2D eigenvalue weighted by atomic mass is 9.78. The molecule has 18 heavy (non-hydrogen) atoms. The summed E-state index contributed by atoms with van der Waals surface area (Å²) >= 11 is 0. The summed E-state index contributed by atoms with van der Waals surface area (Å²) in [6.45, 7) is 9.05. The van der Waals surface area contributed by atoms with Crippen LogP contribution in [0.3, 0.4) is 0 Å². The van der Waals surface area contributed by atoms with Gasteiger partial charge in [-0.1, -0.05) is 20.8 Å². The van der Waals surface area contributed by atoms with E-state index in [0.717, 1.165) is 13.1 Å². The third kappa shape index (κ3) is 4.58. The van der Waals surface area contributed by atoms with E-state index in [4.69, 9.17) is 5.11 Å². The largest absolute Gasteiger partial charge is 0.481 e. The quantitative estimate of drug-likeness (QED) is 0.763. The van der Waals surface area contributed by atoms with Crippen LogP contribution in [0.1, 0.15) is 46.5 Å². The van der Waals surface area contributed by atoms with E-state index in [2.05, 4.69) is 25.7 Å².